The smallest absolute Gasteiger partial charge is 0.341 e. The van der Waals surface area contributed by atoms with E-state index in [1.54, 1.807) is 6.92 Å². The van der Waals surface area contributed by atoms with Crippen molar-refractivity contribution in [2.24, 2.45) is 0 Å². The third kappa shape index (κ3) is 2.80. The zero-order chi connectivity index (χ0) is 14.0. The predicted octanol–water partition coefficient (Wildman–Crippen LogP) is 2.33. The van der Waals surface area contributed by atoms with Crippen LogP contribution in [0, 0.1) is 0 Å². The minimum absolute atomic E-state index is 0.134. The number of ether oxygens (including phenoxy) is 1. The maximum absolute atomic E-state index is 11.5. The second-order valence-electron chi connectivity index (χ2n) is 3.55. The molecular formula is C11H10Cl2N4O2. The highest BCUT2D eigenvalue weighted by molar-refractivity contribution is 6.36. The Morgan fingerprint density at radius 3 is 2.89 bits per heavy atom. The minimum atomic E-state index is -0.466. The molecule has 0 aliphatic heterocycles. The van der Waals surface area contributed by atoms with Crippen LogP contribution in [-0.4, -0.2) is 27.3 Å². The summed E-state index contributed by atoms with van der Waals surface area (Å²) < 4.78 is 6.19. The van der Waals surface area contributed by atoms with Gasteiger partial charge in [0.05, 0.1) is 28.4 Å². The van der Waals surface area contributed by atoms with Crippen molar-refractivity contribution in [1.29, 1.82) is 0 Å². The molecular weight excluding hydrogens is 291 g/mol. The maximum Gasteiger partial charge on any atom is 0.341 e. The largest absolute Gasteiger partial charge is 0.462 e. The van der Waals surface area contributed by atoms with Gasteiger partial charge in [-0.25, -0.2) is 14.5 Å². The molecule has 2 aromatic heterocycles. The molecule has 0 aliphatic rings. The van der Waals surface area contributed by atoms with Crippen LogP contribution in [0.1, 0.15) is 17.3 Å². The van der Waals surface area contributed by atoms with Crippen molar-refractivity contribution in [1.82, 2.24) is 14.8 Å². The number of aromatic nitrogens is 3. The highest BCUT2D eigenvalue weighted by Crippen LogP contribution is 2.26. The Kier molecular flexibility index (Phi) is 3.92. The van der Waals surface area contributed by atoms with Gasteiger partial charge in [0.25, 0.3) is 0 Å². The Labute approximate surface area is 119 Å². The van der Waals surface area contributed by atoms with Crippen molar-refractivity contribution < 1.29 is 9.53 Å². The summed E-state index contributed by atoms with van der Waals surface area (Å²) in [5.74, 6) is -0.0415. The molecule has 2 rings (SSSR count). The third-order valence-electron chi connectivity index (χ3n) is 2.25. The number of anilines is 1. The summed E-state index contributed by atoms with van der Waals surface area (Å²) in [5, 5.41) is 4.52. The number of hydrogen-bond acceptors (Lipinski definition) is 5. The maximum atomic E-state index is 11.5. The molecule has 2 heterocycles. The Morgan fingerprint density at radius 1 is 1.47 bits per heavy atom. The van der Waals surface area contributed by atoms with E-state index in [4.69, 9.17) is 33.7 Å². The van der Waals surface area contributed by atoms with E-state index in [1.165, 1.54) is 23.1 Å². The molecule has 2 N–H and O–H groups in total. The van der Waals surface area contributed by atoms with E-state index in [-0.39, 0.29) is 22.5 Å². The highest BCUT2D eigenvalue weighted by atomic mass is 35.5. The van der Waals surface area contributed by atoms with Crippen LogP contribution in [0.5, 0.6) is 0 Å². The summed E-state index contributed by atoms with van der Waals surface area (Å²) in [7, 11) is 0. The van der Waals surface area contributed by atoms with E-state index in [0.29, 0.717) is 11.4 Å². The van der Waals surface area contributed by atoms with Crippen LogP contribution in [0.15, 0.2) is 18.5 Å². The summed E-state index contributed by atoms with van der Waals surface area (Å²) in [6, 6.07) is 1.46. The molecule has 0 spiro atoms. The first-order chi connectivity index (χ1) is 9.02. The van der Waals surface area contributed by atoms with Gasteiger partial charge in [0.15, 0.2) is 5.82 Å². The third-order valence-corrected chi connectivity index (χ3v) is 2.83. The first-order valence-electron chi connectivity index (χ1n) is 5.36. The Hall–Kier alpha value is -1.79. The van der Waals surface area contributed by atoms with Gasteiger partial charge in [-0.15, -0.1) is 0 Å². The fraction of sp³-hybridized carbons (Fsp3) is 0.182. The molecule has 0 saturated carbocycles. The molecule has 0 unspecified atom stereocenters. The number of nitrogen functional groups attached to an aromatic ring is 1. The van der Waals surface area contributed by atoms with Crippen LogP contribution in [0.2, 0.25) is 10.0 Å². The fourth-order valence-electron chi connectivity index (χ4n) is 1.39. The van der Waals surface area contributed by atoms with Gasteiger partial charge in [0.1, 0.15) is 5.82 Å². The lowest BCUT2D eigenvalue weighted by Gasteiger charge is -2.05. The molecule has 8 heteroatoms. The van der Waals surface area contributed by atoms with Crippen molar-refractivity contribution in [3.05, 3.63) is 34.1 Å². The van der Waals surface area contributed by atoms with Crippen molar-refractivity contribution in [3.63, 3.8) is 0 Å². The van der Waals surface area contributed by atoms with E-state index in [9.17, 15) is 4.79 Å². The number of carbonyl (C=O) groups is 1. The molecule has 0 aromatic carbocycles. The van der Waals surface area contributed by atoms with Crippen molar-refractivity contribution >= 4 is 35.0 Å². The minimum Gasteiger partial charge on any atom is -0.462 e. The van der Waals surface area contributed by atoms with E-state index >= 15 is 0 Å². The van der Waals surface area contributed by atoms with Crippen molar-refractivity contribution in [2.45, 2.75) is 6.92 Å². The number of esters is 1. The van der Waals surface area contributed by atoms with Gasteiger partial charge in [-0.3, -0.25) is 0 Å². The Bertz CT molecular complexity index is 627. The summed E-state index contributed by atoms with van der Waals surface area (Å²) in [6.07, 6.45) is 2.82. The van der Waals surface area contributed by atoms with Crippen LogP contribution < -0.4 is 5.73 Å². The van der Waals surface area contributed by atoms with Gasteiger partial charge in [-0.2, -0.15) is 5.10 Å². The van der Waals surface area contributed by atoms with Gasteiger partial charge in [0.2, 0.25) is 0 Å². The van der Waals surface area contributed by atoms with Crippen molar-refractivity contribution in [2.75, 3.05) is 12.3 Å². The van der Waals surface area contributed by atoms with Gasteiger partial charge < -0.3 is 10.5 Å². The molecule has 0 saturated heterocycles. The monoisotopic (exact) mass is 300 g/mol. The summed E-state index contributed by atoms with van der Waals surface area (Å²) >= 11 is 11.8. The number of rotatable bonds is 3. The zero-order valence-electron chi connectivity index (χ0n) is 9.93. The van der Waals surface area contributed by atoms with Crippen molar-refractivity contribution in [3.8, 4) is 5.82 Å². The summed E-state index contributed by atoms with van der Waals surface area (Å²) in [5.41, 5.74) is 5.91. The number of nitrogens with two attached hydrogens (primary N) is 1. The Morgan fingerprint density at radius 2 is 2.21 bits per heavy atom. The molecule has 2 aromatic rings. The molecule has 100 valence electrons. The van der Waals surface area contributed by atoms with Crippen LogP contribution in [0.4, 0.5) is 5.82 Å². The number of halogens is 2. The lowest BCUT2D eigenvalue weighted by Crippen LogP contribution is -2.04. The van der Waals surface area contributed by atoms with Crippen LogP contribution in [-0.2, 0) is 4.74 Å². The molecule has 19 heavy (non-hydrogen) atoms. The summed E-state index contributed by atoms with van der Waals surface area (Å²) in [6.45, 7) is 2.01. The number of pyridine rings is 1. The lowest BCUT2D eigenvalue weighted by molar-refractivity contribution is 0.0526. The van der Waals surface area contributed by atoms with Crippen LogP contribution in [0.25, 0.3) is 5.82 Å². The van der Waals surface area contributed by atoms with Gasteiger partial charge >= 0.3 is 5.97 Å². The molecule has 0 amide bonds. The first-order valence-corrected chi connectivity index (χ1v) is 6.12. The zero-order valence-corrected chi connectivity index (χ0v) is 11.4. The molecule has 0 atom stereocenters. The average Bonchev–Trinajstić information content (AvgIpc) is 2.83. The highest BCUT2D eigenvalue weighted by Gasteiger charge is 2.14. The predicted molar refractivity (Wildman–Crippen MR) is 71.7 cm³/mol. The average molecular weight is 301 g/mol. The van der Waals surface area contributed by atoms with Crippen LogP contribution >= 0.6 is 23.2 Å². The van der Waals surface area contributed by atoms with Gasteiger partial charge in [-0.05, 0) is 13.0 Å². The number of hydrogen-bond donors (Lipinski definition) is 1. The quantitative estimate of drug-likeness (QED) is 0.880. The molecule has 0 bridgehead atoms. The Balaban J connectivity index is 2.38. The van der Waals surface area contributed by atoms with E-state index in [1.807, 2.05) is 0 Å². The fourth-order valence-corrected chi connectivity index (χ4v) is 1.83. The molecule has 0 fully saturated rings. The molecule has 0 radical (unpaired) electrons. The second-order valence-corrected chi connectivity index (χ2v) is 4.37. The topological polar surface area (TPSA) is 83.0 Å². The van der Waals surface area contributed by atoms with Gasteiger partial charge in [-0.1, -0.05) is 23.2 Å². The SMILES string of the molecule is CCOC(=O)c1cnn(-c2nc(N)c(Cl)cc2Cl)c1. The standard InChI is InChI=1S/C11H10Cl2N4O2/c1-2-19-11(18)6-4-15-17(5-6)10-8(13)3-7(12)9(14)16-10/h3-5H,2H2,1H3,(H2,14,16). The molecule has 6 nitrogen and oxygen atoms in total. The lowest BCUT2D eigenvalue weighted by atomic mass is 10.4. The van der Waals surface area contributed by atoms with E-state index < -0.39 is 5.97 Å². The molecule has 0 aliphatic carbocycles. The normalized spacial score (nSPS) is 10.5. The van der Waals surface area contributed by atoms with Gasteiger partial charge in [0, 0.05) is 6.20 Å². The van der Waals surface area contributed by atoms with E-state index in [0.717, 1.165) is 0 Å². The number of carbonyl (C=O) groups excluding carboxylic acids is 1. The second kappa shape index (κ2) is 5.46. The number of nitrogens with zero attached hydrogens (tertiary/aromatic N) is 3. The van der Waals surface area contributed by atoms with Crippen LogP contribution in [0.3, 0.4) is 0 Å². The first kappa shape index (κ1) is 13.6. The van der Waals surface area contributed by atoms with E-state index in [2.05, 4.69) is 10.1 Å². The summed E-state index contributed by atoms with van der Waals surface area (Å²) in [4.78, 5) is 15.5.